The summed E-state index contributed by atoms with van der Waals surface area (Å²) in [6.07, 6.45) is 2.43. The number of benzene rings is 1. The standard InChI is InChI=1S/C19H22BrNO6S/c1-5-11(3)27-17-13(20)7-12(8-14(17)25-4)9-15-18(23)21(19(24)28-15)10-16(22)26-6-2/h7-9,11H,5-6,10H2,1-4H3/b15-9+/t11-/m0/s1. The third-order valence-corrected chi connectivity index (χ3v) is 5.41. The lowest BCUT2D eigenvalue weighted by atomic mass is 10.1. The normalized spacial score (nSPS) is 16.5. The molecule has 2 rings (SSSR count). The third-order valence-electron chi connectivity index (χ3n) is 3.91. The number of ether oxygens (including phenoxy) is 3. The molecule has 28 heavy (non-hydrogen) atoms. The van der Waals surface area contributed by atoms with Crippen LogP contribution in [0, 0.1) is 0 Å². The van der Waals surface area contributed by atoms with Gasteiger partial charge in [0, 0.05) is 0 Å². The van der Waals surface area contributed by atoms with Gasteiger partial charge in [0.1, 0.15) is 6.54 Å². The van der Waals surface area contributed by atoms with Crippen molar-refractivity contribution in [3.63, 3.8) is 0 Å². The van der Waals surface area contributed by atoms with Gasteiger partial charge in [-0.2, -0.15) is 0 Å². The maximum absolute atomic E-state index is 12.5. The highest BCUT2D eigenvalue weighted by Crippen LogP contribution is 2.39. The molecule has 1 saturated heterocycles. The van der Waals surface area contributed by atoms with Crippen LogP contribution in [0.2, 0.25) is 0 Å². The molecule has 9 heteroatoms. The molecule has 1 fully saturated rings. The maximum Gasteiger partial charge on any atom is 0.326 e. The molecular weight excluding hydrogens is 450 g/mol. The zero-order valence-corrected chi connectivity index (χ0v) is 18.5. The van der Waals surface area contributed by atoms with Crippen LogP contribution >= 0.6 is 27.7 Å². The molecule has 7 nitrogen and oxygen atoms in total. The number of halogens is 1. The molecule has 1 aromatic rings. The summed E-state index contributed by atoms with van der Waals surface area (Å²) in [5.74, 6) is -0.0730. The number of methoxy groups -OCH3 is 1. The van der Waals surface area contributed by atoms with Gasteiger partial charge in [-0.1, -0.05) is 6.92 Å². The Hall–Kier alpha value is -2.00. The fourth-order valence-corrected chi connectivity index (χ4v) is 3.74. The first-order valence-electron chi connectivity index (χ1n) is 8.75. The summed E-state index contributed by atoms with van der Waals surface area (Å²) in [6.45, 7) is 5.42. The number of esters is 1. The Labute approximate surface area is 176 Å². The van der Waals surface area contributed by atoms with Crippen molar-refractivity contribution in [3.8, 4) is 11.5 Å². The van der Waals surface area contributed by atoms with Crippen LogP contribution in [0.15, 0.2) is 21.5 Å². The SMILES string of the molecule is CCOC(=O)CN1C(=O)S/C(=C/c2cc(Br)c(O[C@@H](C)CC)c(OC)c2)C1=O. The summed E-state index contributed by atoms with van der Waals surface area (Å²) in [5, 5.41) is -0.507. The number of hydrogen-bond acceptors (Lipinski definition) is 7. The molecule has 0 saturated carbocycles. The minimum Gasteiger partial charge on any atom is -0.493 e. The summed E-state index contributed by atoms with van der Waals surface area (Å²) in [5.41, 5.74) is 0.655. The molecular formula is C19H22BrNO6S. The number of thioether (sulfide) groups is 1. The van der Waals surface area contributed by atoms with Gasteiger partial charge in [-0.3, -0.25) is 19.3 Å². The molecule has 0 N–H and O–H groups in total. The van der Waals surface area contributed by atoms with Crippen LogP contribution in [0.3, 0.4) is 0 Å². The Bertz CT molecular complexity index is 810. The fourth-order valence-electron chi connectivity index (χ4n) is 2.35. The minimum absolute atomic E-state index is 0.00965. The zero-order valence-electron chi connectivity index (χ0n) is 16.1. The molecule has 1 heterocycles. The van der Waals surface area contributed by atoms with E-state index in [-0.39, 0.29) is 17.6 Å². The highest BCUT2D eigenvalue weighted by molar-refractivity contribution is 9.10. The lowest BCUT2D eigenvalue weighted by molar-refractivity contribution is -0.145. The van der Waals surface area contributed by atoms with Gasteiger partial charge in [-0.25, -0.2) is 0 Å². The number of hydrogen-bond donors (Lipinski definition) is 0. The van der Waals surface area contributed by atoms with Gasteiger partial charge in [-0.05, 0) is 71.7 Å². The van der Waals surface area contributed by atoms with Crippen molar-refractivity contribution >= 4 is 50.9 Å². The Balaban J connectivity index is 2.27. The Kier molecular flexibility index (Phi) is 7.94. The lowest BCUT2D eigenvalue weighted by Crippen LogP contribution is -2.34. The molecule has 0 spiro atoms. The maximum atomic E-state index is 12.5. The molecule has 1 aromatic carbocycles. The van der Waals surface area contributed by atoms with E-state index in [0.29, 0.717) is 21.5 Å². The molecule has 0 aliphatic carbocycles. The van der Waals surface area contributed by atoms with Crippen molar-refractivity contribution in [2.45, 2.75) is 33.3 Å². The first-order chi connectivity index (χ1) is 13.3. The summed E-state index contributed by atoms with van der Waals surface area (Å²) < 4.78 is 16.8. The number of carbonyl (C=O) groups excluding carboxylic acids is 3. The lowest BCUT2D eigenvalue weighted by Gasteiger charge is -2.17. The molecule has 0 radical (unpaired) electrons. The van der Waals surface area contributed by atoms with E-state index in [1.165, 1.54) is 7.11 Å². The molecule has 1 atom stereocenters. The smallest absolute Gasteiger partial charge is 0.326 e. The van der Waals surface area contributed by atoms with Crippen molar-refractivity contribution in [3.05, 3.63) is 27.1 Å². The van der Waals surface area contributed by atoms with E-state index in [1.54, 1.807) is 25.1 Å². The van der Waals surface area contributed by atoms with Crippen molar-refractivity contribution in [2.24, 2.45) is 0 Å². The van der Waals surface area contributed by atoms with Crippen LogP contribution in [-0.2, 0) is 14.3 Å². The van der Waals surface area contributed by atoms with Crippen molar-refractivity contribution in [1.29, 1.82) is 0 Å². The van der Waals surface area contributed by atoms with Gasteiger partial charge < -0.3 is 14.2 Å². The van der Waals surface area contributed by atoms with E-state index in [4.69, 9.17) is 14.2 Å². The second-order valence-corrected chi connectivity index (χ2v) is 7.79. The van der Waals surface area contributed by atoms with Gasteiger partial charge in [0.05, 0.1) is 29.2 Å². The Morgan fingerprint density at radius 2 is 2.04 bits per heavy atom. The van der Waals surface area contributed by atoms with Crippen LogP contribution in [-0.4, -0.2) is 48.4 Å². The van der Waals surface area contributed by atoms with E-state index in [9.17, 15) is 14.4 Å². The molecule has 0 unspecified atom stereocenters. The topological polar surface area (TPSA) is 82.1 Å². The number of imide groups is 1. The molecule has 2 amide bonds. The van der Waals surface area contributed by atoms with E-state index < -0.39 is 23.7 Å². The quantitative estimate of drug-likeness (QED) is 0.414. The molecule has 0 aromatic heterocycles. The zero-order chi connectivity index (χ0) is 20.8. The highest BCUT2D eigenvalue weighted by atomic mass is 79.9. The fraction of sp³-hybridized carbons (Fsp3) is 0.421. The van der Waals surface area contributed by atoms with Gasteiger partial charge in [0.15, 0.2) is 11.5 Å². The minimum atomic E-state index is -0.623. The van der Waals surface area contributed by atoms with Gasteiger partial charge in [-0.15, -0.1) is 0 Å². The molecule has 1 aliphatic rings. The summed E-state index contributed by atoms with van der Waals surface area (Å²) >= 11 is 4.25. The average molecular weight is 472 g/mol. The van der Waals surface area contributed by atoms with Crippen LogP contribution in [0.4, 0.5) is 4.79 Å². The first-order valence-corrected chi connectivity index (χ1v) is 10.4. The highest BCUT2D eigenvalue weighted by Gasteiger charge is 2.36. The number of amides is 2. The van der Waals surface area contributed by atoms with E-state index in [2.05, 4.69) is 15.9 Å². The summed E-state index contributed by atoms with van der Waals surface area (Å²) in [4.78, 5) is 37.3. The summed E-state index contributed by atoms with van der Waals surface area (Å²) in [6, 6.07) is 3.50. The van der Waals surface area contributed by atoms with E-state index >= 15 is 0 Å². The Morgan fingerprint density at radius 1 is 1.32 bits per heavy atom. The van der Waals surface area contributed by atoms with Crippen LogP contribution in [0.1, 0.15) is 32.8 Å². The first kappa shape index (κ1) is 22.3. The van der Waals surface area contributed by atoms with Crippen LogP contribution < -0.4 is 9.47 Å². The average Bonchev–Trinajstić information content (AvgIpc) is 2.91. The summed E-state index contributed by atoms with van der Waals surface area (Å²) in [7, 11) is 1.53. The monoisotopic (exact) mass is 471 g/mol. The van der Waals surface area contributed by atoms with Crippen molar-refractivity contribution in [1.82, 2.24) is 4.90 Å². The molecule has 1 aliphatic heterocycles. The third kappa shape index (κ3) is 5.29. The predicted molar refractivity (Wildman–Crippen MR) is 110 cm³/mol. The van der Waals surface area contributed by atoms with Gasteiger partial charge in [0.25, 0.3) is 11.1 Å². The van der Waals surface area contributed by atoms with Crippen molar-refractivity contribution < 1.29 is 28.6 Å². The predicted octanol–water partition coefficient (Wildman–Crippen LogP) is 4.23. The number of carbonyl (C=O) groups is 3. The van der Waals surface area contributed by atoms with Crippen LogP contribution in [0.5, 0.6) is 11.5 Å². The number of nitrogens with zero attached hydrogens (tertiary/aromatic N) is 1. The molecule has 152 valence electrons. The number of rotatable bonds is 8. The van der Waals surface area contributed by atoms with E-state index in [1.807, 2.05) is 13.8 Å². The largest absolute Gasteiger partial charge is 0.493 e. The Morgan fingerprint density at radius 3 is 2.64 bits per heavy atom. The molecule has 0 bridgehead atoms. The van der Waals surface area contributed by atoms with Gasteiger partial charge in [0.2, 0.25) is 0 Å². The second kappa shape index (κ2) is 9.97. The van der Waals surface area contributed by atoms with Crippen LogP contribution in [0.25, 0.3) is 6.08 Å². The second-order valence-electron chi connectivity index (χ2n) is 5.94. The van der Waals surface area contributed by atoms with Gasteiger partial charge >= 0.3 is 5.97 Å². The van der Waals surface area contributed by atoms with E-state index in [0.717, 1.165) is 23.1 Å². The van der Waals surface area contributed by atoms with Crippen molar-refractivity contribution in [2.75, 3.05) is 20.3 Å².